The van der Waals surface area contributed by atoms with Gasteiger partial charge in [0.05, 0.1) is 4.90 Å². The van der Waals surface area contributed by atoms with E-state index in [1.165, 1.54) is 17.7 Å². The quantitative estimate of drug-likeness (QED) is 0.529. The summed E-state index contributed by atoms with van der Waals surface area (Å²) in [6.07, 6.45) is 6.65. The van der Waals surface area contributed by atoms with Gasteiger partial charge in [-0.2, -0.15) is 0 Å². The zero-order valence-electron chi connectivity index (χ0n) is 18.7. The molecule has 2 aromatic carbocycles. The molecule has 5 nitrogen and oxygen atoms in total. The molecule has 0 saturated heterocycles. The summed E-state index contributed by atoms with van der Waals surface area (Å²) < 4.78 is 32.6. The summed E-state index contributed by atoms with van der Waals surface area (Å²) in [5.74, 6) is 2.57. The number of nitrogens with zero attached hydrogens (tertiary/aromatic N) is 1. The lowest BCUT2D eigenvalue weighted by Crippen LogP contribution is -2.41. The van der Waals surface area contributed by atoms with Gasteiger partial charge >= 0.3 is 6.09 Å². The highest BCUT2D eigenvalue weighted by atomic mass is 32.2. The van der Waals surface area contributed by atoms with E-state index in [-0.39, 0.29) is 17.4 Å². The first-order chi connectivity index (χ1) is 14.5. The fraction of sp³-hybridized carbons (Fsp3) is 0.400. The van der Waals surface area contributed by atoms with Crippen molar-refractivity contribution in [2.24, 2.45) is 5.92 Å². The minimum absolute atomic E-state index is 0.0468. The molecule has 0 fully saturated rings. The Morgan fingerprint density at radius 1 is 1.06 bits per heavy atom. The third-order valence-electron chi connectivity index (χ3n) is 4.75. The van der Waals surface area contributed by atoms with Crippen LogP contribution in [0.25, 0.3) is 0 Å². The second-order valence-corrected chi connectivity index (χ2v) is 10.4. The molecule has 1 atom stereocenters. The molecular weight excluding hydrogens is 410 g/mol. The highest BCUT2D eigenvalue weighted by molar-refractivity contribution is 7.89. The third kappa shape index (κ3) is 7.45. The molecule has 0 saturated carbocycles. The number of ether oxygens (including phenoxy) is 1. The number of amides is 1. The van der Waals surface area contributed by atoms with Crippen LogP contribution < -0.4 is 0 Å². The molecule has 2 aromatic rings. The summed E-state index contributed by atoms with van der Waals surface area (Å²) in [6.45, 7) is 6.92. The van der Waals surface area contributed by atoms with Crippen molar-refractivity contribution in [2.45, 2.75) is 57.5 Å². The van der Waals surface area contributed by atoms with Gasteiger partial charge in [-0.3, -0.25) is 0 Å². The molecule has 0 spiro atoms. The van der Waals surface area contributed by atoms with Gasteiger partial charge in [-0.05, 0) is 64.7 Å². The van der Waals surface area contributed by atoms with Gasteiger partial charge in [0.15, 0.2) is 0 Å². The first-order valence-corrected chi connectivity index (χ1v) is 11.8. The van der Waals surface area contributed by atoms with E-state index in [2.05, 4.69) is 5.92 Å². The number of carbonyl (C=O) groups excluding carboxylic acids is 1. The van der Waals surface area contributed by atoms with Gasteiger partial charge < -0.3 is 4.74 Å². The van der Waals surface area contributed by atoms with E-state index in [0.717, 1.165) is 16.3 Å². The first-order valence-electron chi connectivity index (χ1n) is 10.4. The number of carbonyl (C=O) groups is 1. The van der Waals surface area contributed by atoms with Gasteiger partial charge in [0.25, 0.3) is 10.0 Å². The van der Waals surface area contributed by atoms with E-state index < -0.39 is 21.7 Å². The Labute approximate surface area is 186 Å². The van der Waals surface area contributed by atoms with E-state index in [1.54, 1.807) is 32.9 Å². The molecule has 0 N–H and O–H groups in total. The Kier molecular flexibility index (Phi) is 8.29. The maximum Gasteiger partial charge on any atom is 0.424 e. The van der Waals surface area contributed by atoms with E-state index >= 15 is 0 Å². The van der Waals surface area contributed by atoms with Crippen LogP contribution in [0.3, 0.4) is 0 Å². The van der Waals surface area contributed by atoms with Crippen molar-refractivity contribution in [2.75, 3.05) is 6.54 Å². The number of aryl methyl sites for hydroxylation is 2. The summed E-state index contributed by atoms with van der Waals surface area (Å²) in [5.41, 5.74) is 1.27. The molecule has 0 aliphatic rings. The molecule has 0 aliphatic heterocycles. The first kappa shape index (κ1) is 24.5. The largest absolute Gasteiger partial charge is 0.443 e. The lowest BCUT2D eigenvalue weighted by atomic mass is 9.97. The fourth-order valence-electron chi connectivity index (χ4n) is 3.03. The third-order valence-corrected chi connectivity index (χ3v) is 6.53. The number of hydrogen-bond donors (Lipinski definition) is 0. The van der Waals surface area contributed by atoms with Crippen LogP contribution in [-0.4, -0.2) is 31.0 Å². The van der Waals surface area contributed by atoms with Crippen LogP contribution in [0, 0.1) is 25.2 Å². The molecule has 0 heterocycles. The summed E-state index contributed by atoms with van der Waals surface area (Å²) in [4.78, 5) is 12.8. The van der Waals surface area contributed by atoms with Crippen molar-refractivity contribution in [1.82, 2.24) is 4.31 Å². The SMILES string of the molecule is C#CC(CCc1ccccc1)CCN(C(=O)OC(C)(C)C)S(=O)(=O)c1ccc(C)cc1. The normalized spacial score (nSPS) is 12.6. The predicted molar refractivity (Wildman–Crippen MR) is 123 cm³/mol. The van der Waals surface area contributed by atoms with Crippen LogP contribution in [0.4, 0.5) is 4.79 Å². The number of hydrogen-bond acceptors (Lipinski definition) is 4. The van der Waals surface area contributed by atoms with Crippen LogP contribution in [0.1, 0.15) is 44.7 Å². The summed E-state index contributed by atoms with van der Waals surface area (Å²) in [6, 6.07) is 16.3. The van der Waals surface area contributed by atoms with Crippen LogP contribution in [-0.2, 0) is 21.2 Å². The highest BCUT2D eigenvalue weighted by Gasteiger charge is 2.33. The summed E-state index contributed by atoms with van der Waals surface area (Å²) in [5, 5.41) is 0. The standard InChI is InChI=1S/C25H31NO4S/c1-6-21(14-15-22-10-8-7-9-11-22)18-19-26(24(27)30-25(3,4)5)31(28,29)23-16-12-20(2)13-17-23/h1,7-13,16-17,21H,14-15,18-19H2,2-5H3. The van der Waals surface area contributed by atoms with Crippen LogP contribution in [0.5, 0.6) is 0 Å². The monoisotopic (exact) mass is 441 g/mol. The second-order valence-electron chi connectivity index (χ2n) is 8.55. The number of rotatable bonds is 8. The average Bonchev–Trinajstić information content (AvgIpc) is 2.70. The molecule has 0 bridgehead atoms. The summed E-state index contributed by atoms with van der Waals surface area (Å²) in [7, 11) is -4.07. The minimum atomic E-state index is -4.07. The van der Waals surface area contributed by atoms with Gasteiger partial charge in [0, 0.05) is 12.5 Å². The van der Waals surface area contributed by atoms with E-state index in [1.807, 2.05) is 37.3 Å². The van der Waals surface area contributed by atoms with E-state index in [4.69, 9.17) is 11.2 Å². The number of terminal acetylenes is 1. The van der Waals surface area contributed by atoms with Gasteiger partial charge in [0.2, 0.25) is 0 Å². The highest BCUT2D eigenvalue weighted by Crippen LogP contribution is 2.22. The molecular formula is C25H31NO4S. The number of sulfonamides is 1. The summed E-state index contributed by atoms with van der Waals surface area (Å²) >= 11 is 0. The Morgan fingerprint density at radius 3 is 2.23 bits per heavy atom. The van der Waals surface area contributed by atoms with E-state index in [9.17, 15) is 13.2 Å². The minimum Gasteiger partial charge on any atom is -0.443 e. The van der Waals surface area contributed by atoms with Crippen LogP contribution >= 0.6 is 0 Å². The molecule has 1 unspecified atom stereocenters. The molecule has 6 heteroatoms. The molecule has 2 rings (SSSR count). The average molecular weight is 442 g/mol. The molecule has 31 heavy (non-hydrogen) atoms. The van der Waals surface area contributed by atoms with Gasteiger partial charge in [-0.15, -0.1) is 12.3 Å². The zero-order chi connectivity index (χ0) is 23.1. The molecule has 1 amide bonds. The maximum atomic E-state index is 13.2. The van der Waals surface area contributed by atoms with Crippen LogP contribution in [0.15, 0.2) is 59.5 Å². The smallest absolute Gasteiger partial charge is 0.424 e. The molecule has 0 radical (unpaired) electrons. The zero-order valence-corrected chi connectivity index (χ0v) is 19.5. The maximum absolute atomic E-state index is 13.2. The Balaban J connectivity index is 2.18. The van der Waals surface area contributed by atoms with Gasteiger partial charge in [-0.1, -0.05) is 48.0 Å². The van der Waals surface area contributed by atoms with E-state index in [0.29, 0.717) is 12.8 Å². The lowest BCUT2D eigenvalue weighted by Gasteiger charge is -2.27. The molecule has 0 aromatic heterocycles. The van der Waals surface area contributed by atoms with Crippen molar-refractivity contribution < 1.29 is 17.9 Å². The Hall–Kier alpha value is -2.78. The van der Waals surface area contributed by atoms with Crippen molar-refractivity contribution in [3.8, 4) is 12.3 Å². The van der Waals surface area contributed by atoms with Crippen molar-refractivity contribution >= 4 is 16.1 Å². The Bertz CT molecular complexity index is 1000. The van der Waals surface area contributed by atoms with Crippen molar-refractivity contribution in [3.63, 3.8) is 0 Å². The van der Waals surface area contributed by atoms with Gasteiger partial charge in [0.1, 0.15) is 5.60 Å². The van der Waals surface area contributed by atoms with Gasteiger partial charge in [-0.25, -0.2) is 17.5 Å². The lowest BCUT2D eigenvalue weighted by molar-refractivity contribution is 0.0386. The second kappa shape index (κ2) is 10.5. The van der Waals surface area contributed by atoms with Crippen LogP contribution in [0.2, 0.25) is 0 Å². The fourth-order valence-corrected chi connectivity index (χ4v) is 4.34. The topological polar surface area (TPSA) is 63.7 Å². The predicted octanol–water partition coefficient (Wildman–Crippen LogP) is 5.19. The Morgan fingerprint density at radius 2 is 1.68 bits per heavy atom. The van der Waals surface area contributed by atoms with Crippen molar-refractivity contribution in [1.29, 1.82) is 0 Å². The molecule has 166 valence electrons. The van der Waals surface area contributed by atoms with Crippen molar-refractivity contribution in [3.05, 3.63) is 65.7 Å². The molecule has 0 aliphatic carbocycles. The number of benzene rings is 2.